The summed E-state index contributed by atoms with van der Waals surface area (Å²) in [6.45, 7) is 7.67. The van der Waals surface area contributed by atoms with Crippen LogP contribution < -0.4 is 4.72 Å². The van der Waals surface area contributed by atoms with Crippen molar-refractivity contribution in [3.63, 3.8) is 0 Å². The lowest BCUT2D eigenvalue weighted by Crippen LogP contribution is -2.52. The quantitative estimate of drug-likeness (QED) is 0.593. The maximum atomic E-state index is 13.3. The Hall–Kier alpha value is -2.74. The van der Waals surface area contributed by atoms with Crippen LogP contribution in [0.2, 0.25) is 0 Å². The first-order chi connectivity index (χ1) is 15.9. The highest BCUT2D eigenvalue weighted by Gasteiger charge is 2.31. The largest absolute Gasteiger partial charge is 0.755 e. The van der Waals surface area contributed by atoms with Crippen molar-refractivity contribution >= 4 is 22.7 Å². The smallest absolute Gasteiger partial charge is 0.123 e. The van der Waals surface area contributed by atoms with Crippen LogP contribution in [-0.4, -0.2) is 44.2 Å². The Morgan fingerprint density at radius 2 is 1.85 bits per heavy atom. The van der Waals surface area contributed by atoms with Crippen LogP contribution in [0.4, 0.5) is 10.1 Å². The number of benzene rings is 2. The van der Waals surface area contributed by atoms with E-state index in [1.165, 1.54) is 29.0 Å². The number of nitrogens with one attached hydrogen (secondary N) is 1. The molecule has 1 N–H and O–H groups in total. The zero-order valence-corrected chi connectivity index (χ0v) is 19.8. The number of hydrogen-bond acceptors (Lipinski definition) is 4. The van der Waals surface area contributed by atoms with Gasteiger partial charge in [0.25, 0.3) is 0 Å². The van der Waals surface area contributed by atoms with Crippen LogP contribution in [0.15, 0.2) is 77.9 Å². The highest BCUT2D eigenvalue weighted by molar-refractivity contribution is 7.80. The van der Waals surface area contributed by atoms with E-state index >= 15 is 0 Å². The van der Waals surface area contributed by atoms with E-state index in [-0.39, 0.29) is 11.9 Å². The minimum atomic E-state index is -2.34. The summed E-state index contributed by atoms with van der Waals surface area (Å²) in [5.41, 5.74) is 6.43. The van der Waals surface area contributed by atoms with Crippen LogP contribution in [-0.2, 0) is 17.8 Å². The van der Waals surface area contributed by atoms with Crippen molar-refractivity contribution < 1.29 is 13.2 Å². The van der Waals surface area contributed by atoms with Gasteiger partial charge in [-0.1, -0.05) is 48.1 Å². The van der Waals surface area contributed by atoms with Gasteiger partial charge in [0.05, 0.1) is 6.04 Å². The van der Waals surface area contributed by atoms with Gasteiger partial charge in [-0.2, -0.15) is 0 Å². The molecule has 0 saturated carbocycles. The minimum absolute atomic E-state index is 0.204. The van der Waals surface area contributed by atoms with Crippen LogP contribution >= 0.6 is 0 Å². The molecule has 1 saturated heterocycles. The molecule has 0 bridgehead atoms. The molecule has 1 fully saturated rings. The van der Waals surface area contributed by atoms with E-state index in [1.54, 1.807) is 12.1 Å². The number of rotatable bonds is 7. The zero-order valence-electron chi connectivity index (χ0n) is 19.0. The molecule has 33 heavy (non-hydrogen) atoms. The number of hydrogen-bond donors (Lipinski definition) is 1. The van der Waals surface area contributed by atoms with E-state index in [9.17, 15) is 13.2 Å². The lowest BCUT2D eigenvalue weighted by molar-refractivity contribution is 0.132. The molecule has 0 radical (unpaired) electrons. The molecule has 0 amide bonds. The Morgan fingerprint density at radius 1 is 1.12 bits per heavy atom. The summed E-state index contributed by atoms with van der Waals surface area (Å²) in [5, 5.41) is 0. The fourth-order valence-corrected chi connectivity index (χ4v) is 4.97. The van der Waals surface area contributed by atoms with Crippen LogP contribution in [0.25, 0.3) is 5.70 Å². The molecule has 2 aliphatic rings. The summed E-state index contributed by atoms with van der Waals surface area (Å²) >= 11 is -2.34. The van der Waals surface area contributed by atoms with Gasteiger partial charge in [-0.15, -0.1) is 0 Å². The fraction of sp³-hybridized carbons (Fsp3) is 0.308. The number of allylic oxidation sites excluding steroid dienone is 3. The van der Waals surface area contributed by atoms with Gasteiger partial charge < -0.3 is 14.2 Å². The SMILES string of the molecule is CC(C)=C(c1ccc(NS(=O)[O-])cc1)N1CCN(Cc2ccc(F)cc2)CC1C1=CCC=C1. The first-order valence-electron chi connectivity index (χ1n) is 11.1. The zero-order chi connectivity index (χ0) is 23.4. The van der Waals surface area contributed by atoms with Crippen molar-refractivity contribution in [3.05, 3.63) is 94.8 Å². The molecule has 2 atom stereocenters. The molecule has 1 aliphatic carbocycles. The molecular weight excluding hydrogens is 437 g/mol. The molecule has 174 valence electrons. The number of anilines is 1. The van der Waals surface area contributed by atoms with E-state index in [0.29, 0.717) is 5.69 Å². The standard InChI is InChI=1S/C26H30FN3O2S/c1-19(2)26(22-9-13-24(14-10-22)28-33(31)32)30-16-15-29(17-20-7-11-23(27)12-8-20)18-25(30)21-5-3-4-6-21/h3,5-14,25,28H,4,15-18H2,1-2H3,(H,31,32)/p-1. The number of halogens is 1. The van der Waals surface area contributed by atoms with Gasteiger partial charge in [-0.3, -0.25) is 9.11 Å². The second-order valence-corrected chi connectivity index (χ2v) is 9.35. The summed E-state index contributed by atoms with van der Waals surface area (Å²) < 4.78 is 37.6. The average molecular weight is 467 g/mol. The molecule has 2 aromatic carbocycles. The summed E-state index contributed by atoms with van der Waals surface area (Å²) in [6, 6.07) is 14.5. The van der Waals surface area contributed by atoms with E-state index < -0.39 is 11.3 Å². The van der Waals surface area contributed by atoms with Crippen LogP contribution in [0.3, 0.4) is 0 Å². The first-order valence-corrected chi connectivity index (χ1v) is 12.2. The van der Waals surface area contributed by atoms with E-state index in [0.717, 1.165) is 43.7 Å². The Labute approximate surface area is 197 Å². The molecule has 1 heterocycles. The molecule has 0 spiro atoms. The topological polar surface area (TPSA) is 58.6 Å². The molecule has 1 aliphatic heterocycles. The highest BCUT2D eigenvalue weighted by atomic mass is 32.2. The van der Waals surface area contributed by atoms with Crippen LogP contribution in [0.5, 0.6) is 0 Å². The number of piperazine rings is 1. The van der Waals surface area contributed by atoms with Gasteiger partial charge in [0.1, 0.15) is 5.82 Å². The van der Waals surface area contributed by atoms with Gasteiger partial charge >= 0.3 is 0 Å². The van der Waals surface area contributed by atoms with Crippen molar-refractivity contribution in [1.82, 2.24) is 9.80 Å². The predicted molar refractivity (Wildman–Crippen MR) is 131 cm³/mol. The van der Waals surface area contributed by atoms with Crippen molar-refractivity contribution in [2.75, 3.05) is 24.4 Å². The van der Waals surface area contributed by atoms with Gasteiger partial charge in [-0.05, 0) is 61.2 Å². The Bertz CT molecular complexity index is 1090. The third-order valence-corrected chi connectivity index (χ3v) is 6.49. The van der Waals surface area contributed by atoms with Crippen molar-refractivity contribution in [2.45, 2.75) is 32.9 Å². The highest BCUT2D eigenvalue weighted by Crippen LogP contribution is 2.33. The Kier molecular flexibility index (Phi) is 7.42. The van der Waals surface area contributed by atoms with E-state index in [4.69, 9.17) is 0 Å². The van der Waals surface area contributed by atoms with Gasteiger partial charge in [0.2, 0.25) is 0 Å². The third kappa shape index (κ3) is 5.79. The molecule has 4 rings (SSSR count). The van der Waals surface area contributed by atoms with Crippen LogP contribution in [0.1, 0.15) is 31.4 Å². The molecule has 7 heteroatoms. The molecule has 2 aromatic rings. The van der Waals surface area contributed by atoms with E-state index in [2.05, 4.69) is 46.6 Å². The molecular formula is C26H29FN3O2S-. The third-order valence-electron chi connectivity index (χ3n) is 6.09. The van der Waals surface area contributed by atoms with Gasteiger partial charge in [0.15, 0.2) is 0 Å². The predicted octanol–water partition coefficient (Wildman–Crippen LogP) is 4.86. The summed E-state index contributed by atoms with van der Waals surface area (Å²) in [6.07, 6.45) is 7.66. The Morgan fingerprint density at radius 3 is 2.45 bits per heavy atom. The fourth-order valence-electron chi connectivity index (χ4n) is 4.64. The van der Waals surface area contributed by atoms with Crippen LogP contribution in [0, 0.1) is 5.82 Å². The van der Waals surface area contributed by atoms with Gasteiger partial charge in [-0.25, -0.2) is 4.39 Å². The molecule has 5 nitrogen and oxygen atoms in total. The first kappa shape index (κ1) is 23.4. The molecule has 2 unspecified atom stereocenters. The summed E-state index contributed by atoms with van der Waals surface area (Å²) in [7, 11) is 0. The normalized spacial score (nSPS) is 19.3. The lowest BCUT2D eigenvalue weighted by Gasteiger charge is -2.45. The summed E-state index contributed by atoms with van der Waals surface area (Å²) in [5.74, 6) is -0.210. The Balaban J connectivity index is 1.59. The maximum Gasteiger partial charge on any atom is 0.123 e. The van der Waals surface area contributed by atoms with Crippen molar-refractivity contribution in [1.29, 1.82) is 0 Å². The second kappa shape index (κ2) is 10.5. The van der Waals surface area contributed by atoms with E-state index in [1.807, 2.05) is 24.3 Å². The second-order valence-electron chi connectivity index (χ2n) is 8.68. The summed E-state index contributed by atoms with van der Waals surface area (Å²) in [4.78, 5) is 4.91. The molecule has 0 aromatic heterocycles. The average Bonchev–Trinajstić information content (AvgIpc) is 3.32. The minimum Gasteiger partial charge on any atom is -0.755 e. The monoisotopic (exact) mass is 466 g/mol. The van der Waals surface area contributed by atoms with Gasteiger partial charge in [0, 0.05) is 48.8 Å². The van der Waals surface area contributed by atoms with Crippen molar-refractivity contribution in [2.24, 2.45) is 0 Å². The number of nitrogens with zero attached hydrogens (tertiary/aromatic N) is 2. The maximum absolute atomic E-state index is 13.3. The lowest BCUT2D eigenvalue weighted by atomic mass is 9.97. The van der Waals surface area contributed by atoms with Crippen molar-refractivity contribution in [3.8, 4) is 0 Å².